The SMILES string of the molecule is Cc1c(C)c(=C2SC=CS2)ccc1=C1SC=CS1. The molecule has 0 N–H and O–H groups in total. The first-order valence-corrected chi connectivity index (χ1v) is 9.11. The van der Waals surface area contributed by atoms with E-state index >= 15 is 0 Å². The molecule has 0 atom stereocenters. The van der Waals surface area contributed by atoms with Crippen LogP contribution in [0.1, 0.15) is 11.1 Å². The lowest BCUT2D eigenvalue weighted by Gasteiger charge is -2.06. The van der Waals surface area contributed by atoms with E-state index in [-0.39, 0.29) is 0 Å². The van der Waals surface area contributed by atoms with E-state index in [9.17, 15) is 0 Å². The van der Waals surface area contributed by atoms with Crippen LogP contribution in [0.4, 0.5) is 0 Å². The highest BCUT2D eigenvalue weighted by atomic mass is 32.2. The molecule has 2 heterocycles. The van der Waals surface area contributed by atoms with E-state index in [2.05, 4.69) is 47.6 Å². The van der Waals surface area contributed by atoms with Crippen LogP contribution in [-0.2, 0) is 0 Å². The molecule has 3 rings (SSSR count). The Morgan fingerprint density at radius 2 is 0.944 bits per heavy atom. The number of rotatable bonds is 0. The summed E-state index contributed by atoms with van der Waals surface area (Å²) >= 11 is 7.30. The van der Waals surface area contributed by atoms with Gasteiger partial charge >= 0.3 is 0 Å². The lowest BCUT2D eigenvalue weighted by molar-refractivity contribution is 1.27. The van der Waals surface area contributed by atoms with Crippen molar-refractivity contribution in [2.24, 2.45) is 0 Å². The van der Waals surface area contributed by atoms with Gasteiger partial charge in [0.25, 0.3) is 0 Å². The predicted octanol–water partition coefficient (Wildman–Crippen LogP) is 4.34. The van der Waals surface area contributed by atoms with E-state index in [1.54, 1.807) is 0 Å². The summed E-state index contributed by atoms with van der Waals surface area (Å²) in [6.07, 6.45) is 0. The largest absolute Gasteiger partial charge is 0.0895 e. The number of hydrogen-bond acceptors (Lipinski definition) is 4. The second kappa shape index (κ2) is 5.45. The summed E-state index contributed by atoms with van der Waals surface area (Å²) in [4.78, 5) is 0. The van der Waals surface area contributed by atoms with E-state index < -0.39 is 0 Å². The molecule has 0 spiro atoms. The van der Waals surface area contributed by atoms with E-state index in [4.69, 9.17) is 0 Å². The molecule has 0 nitrogen and oxygen atoms in total. The molecule has 0 aliphatic carbocycles. The minimum atomic E-state index is 1.39. The van der Waals surface area contributed by atoms with E-state index in [0.29, 0.717) is 0 Å². The van der Waals surface area contributed by atoms with Crippen LogP contribution in [0.5, 0.6) is 0 Å². The minimum absolute atomic E-state index is 1.39. The molecule has 2 aliphatic heterocycles. The van der Waals surface area contributed by atoms with Crippen LogP contribution in [0.15, 0.2) is 33.8 Å². The van der Waals surface area contributed by atoms with Crippen LogP contribution < -0.4 is 10.4 Å². The van der Waals surface area contributed by atoms with Gasteiger partial charge in [0.2, 0.25) is 0 Å². The second-order valence-electron chi connectivity index (χ2n) is 4.00. The Labute approximate surface area is 124 Å². The average Bonchev–Trinajstić information content (AvgIpc) is 3.03. The van der Waals surface area contributed by atoms with Crippen molar-refractivity contribution in [3.8, 4) is 0 Å². The number of hydrogen-bond donors (Lipinski definition) is 0. The van der Waals surface area contributed by atoms with Gasteiger partial charge < -0.3 is 0 Å². The molecule has 0 unspecified atom stereocenters. The molecule has 18 heavy (non-hydrogen) atoms. The lowest BCUT2D eigenvalue weighted by Crippen LogP contribution is -2.18. The van der Waals surface area contributed by atoms with Gasteiger partial charge in [-0.05, 0) is 57.0 Å². The molecule has 0 saturated heterocycles. The molecule has 0 fully saturated rings. The Hall–Kier alpha value is -0.160. The predicted molar refractivity (Wildman–Crippen MR) is 90.6 cm³/mol. The van der Waals surface area contributed by atoms with Gasteiger partial charge in [-0.25, -0.2) is 0 Å². The number of thioether (sulfide) groups is 4. The Kier molecular flexibility index (Phi) is 3.89. The van der Waals surface area contributed by atoms with Gasteiger partial charge in [0.1, 0.15) is 0 Å². The molecule has 0 bridgehead atoms. The van der Waals surface area contributed by atoms with Gasteiger partial charge in [0, 0.05) is 0 Å². The molecule has 1 aromatic carbocycles. The highest BCUT2D eigenvalue weighted by Crippen LogP contribution is 2.39. The van der Waals surface area contributed by atoms with Crippen LogP contribution in [0, 0.1) is 13.8 Å². The third kappa shape index (κ3) is 2.31. The molecule has 1 aromatic rings. The lowest BCUT2D eigenvalue weighted by atomic mass is 10.1. The fraction of sp³-hybridized carbons (Fsp3) is 0.143. The van der Waals surface area contributed by atoms with Gasteiger partial charge in [-0.15, -0.1) is 0 Å². The highest BCUT2D eigenvalue weighted by Gasteiger charge is 2.09. The summed E-state index contributed by atoms with van der Waals surface area (Å²) in [6.45, 7) is 4.47. The number of benzene rings is 1. The van der Waals surface area contributed by atoms with Gasteiger partial charge in [0.15, 0.2) is 0 Å². The summed E-state index contributed by atoms with van der Waals surface area (Å²) < 4.78 is 2.80. The van der Waals surface area contributed by atoms with Crippen molar-refractivity contribution in [1.82, 2.24) is 0 Å². The summed E-state index contributed by atoms with van der Waals surface area (Å²) in [6, 6.07) is 4.54. The average molecular weight is 309 g/mol. The Balaban J connectivity index is 2.22. The maximum absolute atomic E-state index is 2.27. The maximum Gasteiger partial charge on any atom is 0.0562 e. The minimum Gasteiger partial charge on any atom is -0.0895 e. The van der Waals surface area contributed by atoms with Crippen molar-refractivity contribution in [3.05, 3.63) is 55.3 Å². The monoisotopic (exact) mass is 308 g/mol. The first-order valence-electron chi connectivity index (χ1n) is 5.59. The van der Waals surface area contributed by atoms with E-state index in [0.717, 1.165) is 0 Å². The fourth-order valence-electron chi connectivity index (χ4n) is 1.93. The summed E-state index contributed by atoms with van der Waals surface area (Å²) in [7, 11) is 0. The van der Waals surface area contributed by atoms with Crippen LogP contribution in [0.3, 0.4) is 0 Å². The molecule has 2 aliphatic rings. The van der Waals surface area contributed by atoms with Crippen LogP contribution in [0.25, 0.3) is 8.47 Å². The quantitative estimate of drug-likeness (QED) is 0.699. The van der Waals surface area contributed by atoms with Crippen molar-refractivity contribution in [1.29, 1.82) is 0 Å². The van der Waals surface area contributed by atoms with Crippen molar-refractivity contribution >= 4 is 55.5 Å². The van der Waals surface area contributed by atoms with Crippen molar-refractivity contribution < 1.29 is 0 Å². The van der Waals surface area contributed by atoms with Crippen LogP contribution >= 0.6 is 47.0 Å². The first-order chi connectivity index (χ1) is 8.77. The normalized spacial score (nSPS) is 18.1. The molecule has 0 saturated carbocycles. The highest BCUT2D eigenvalue weighted by molar-refractivity contribution is 8.35. The van der Waals surface area contributed by atoms with Crippen molar-refractivity contribution in [2.45, 2.75) is 13.8 Å². The zero-order valence-electron chi connectivity index (χ0n) is 10.1. The Bertz CT molecular complexity index is 589. The summed E-state index contributed by atoms with van der Waals surface area (Å²) in [5.41, 5.74) is 2.82. The topological polar surface area (TPSA) is 0 Å². The standard InChI is InChI=1S/C14H12S4/c1-9-10(2)12(14-17-7-8-18-14)4-3-11(9)13-15-5-6-16-13/h3-8H,1-2H3. The van der Waals surface area contributed by atoms with Gasteiger partial charge in [0.05, 0.1) is 8.47 Å². The van der Waals surface area contributed by atoms with E-state index in [1.165, 1.54) is 30.0 Å². The summed E-state index contributed by atoms with van der Waals surface area (Å²) in [5.74, 6) is 0. The van der Waals surface area contributed by atoms with Gasteiger partial charge in [-0.2, -0.15) is 0 Å². The molecule has 0 aromatic heterocycles. The molecule has 4 heteroatoms. The molecule has 92 valence electrons. The summed E-state index contributed by atoms with van der Waals surface area (Å²) in [5, 5.41) is 11.4. The van der Waals surface area contributed by atoms with E-state index in [1.807, 2.05) is 47.0 Å². The van der Waals surface area contributed by atoms with Crippen LogP contribution in [0.2, 0.25) is 0 Å². The maximum atomic E-state index is 2.27. The third-order valence-electron chi connectivity index (χ3n) is 3.04. The van der Waals surface area contributed by atoms with Crippen LogP contribution in [-0.4, -0.2) is 0 Å². The molecule has 0 amide bonds. The third-order valence-corrected chi connectivity index (χ3v) is 7.36. The smallest absolute Gasteiger partial charge is 0.0562 e. The second-order valence-corrected chi connectivity index (χ2v) is 8.18. The first kappa shape index (κ1) is 12.9. The zero-order valence-corrected chi connectivity index (χ0v) is 13.4. The molecule has 0 radical (unpaired) electrons. The Morgan fingerprint density at radius 3 is 1.28 bits per heavy atom. The Morgan fingerprint density at radius 1 is 0.611 bits per heavy atom. The molecular weight excluding hydrogens is 296 g/mol. The fourth-order valence-corrected chi connectivity index (χ4v) is 5.82. The van der Waals surface area contributed by atoms with Gasteiger partial charge in [-0.1, -0.05) is 59.2 Å². The van der Waals surface area contributed by atoms with Gasteiger partial charge in [-0.3, -0.25) is 0 Å². The van der Waals surface area contributed by atoms with Crippen molar-refractivity contribution in [2.75, 3.05) is 0 Å². The van der Waals surface area contributed by atoms with Crippen molar-refractivity contribution in [3.63, 3.8) is 0 Å². The molecular formula is C14H12S4. The zero-order chi connectivity index (χ0) is 12.5.